The highest BCUT2D eigenvalue weighted by molar-refractivity contribution is 5.95. The van der Waals surface area contributed by atoms with Crippen molar-refractivity contribution in [2.45, 2.75) is 20.4 Å². The molecular weight excluding hydrogens is 334 g/mol. The Hall–Kier alpha value is -3.42. The zero-order chi connectivity index (χ0) is 19.3. The second kappa shape index (κ2) is 8.11. The Morgan fingerprint density at radius 3 is 2.54 bits per heavy atom. The molecule has 0 bridgehead atoms. The Morgan fingerprint density at radius 2 is 1.96 bits per heavy atom. The van der Waals surface area contributed by atoms with Gasteiger partial charge in [-0.2, -0.15) is 0 Å². The molecule has 136 valence electrons. The molecule has 0 radical (unpaired) electrons. The van der Waals surface area contributed by atoms with Crippen LogP contribution in [0.25, 0.3) is 0 Å². The standard InChI is InChI=1S/C18H21N5O3/c1-11-7-15(5-6-22-11)23(12(2)24)9-14-4-3-13(18(20)21)8-16(14)26-10-17(19)25/h3-8H,9-10H2,1-2H3,(H2,19,25)(H3,20,21). The first-order valence-corrected chi connectivity index (χ1v) is 7.87. The van der Waals surface area contributed by atoms with Gasteiger partial charge in [-0.1, -0.05) is 12.1 Å². The minimum atomic E-state index is -0.627. The van der Waals surface area contributed by atoms with Crippen molar-refractivity contribution in [2.24, 2.45) is 11.5 Å². The van der Waals surface area contributed by atoms with Crippen LogP contribution in [-0.4, -0.2) is 29.2 Å². The highest BCUT2D eigenvalue weighted by Crippen LogP contribution is 2.25. The van der Waals surface area contributed by atoms with Crippen molar-refractivity contribution in [2.75, 3.05) is 11.5 Å². The number of ether oxygens (including phenoxy) is 1. The number of anilines is 1. The van der Waals surface area contributed by atoms with Crippen LogP contribution in [0.3, 0.4) is 0 Å². The molecule has 0 aliphatic carbocycles. The number of hydrogen-bond acceptors (Lipinski definition) is 5. The number of nitrogens with one attached hydrogen (secondary N) is 1. The third-order valence-electron chi connectivity index (χ3n) is 3.65. The lowest BCUT2D eigenvalue weighted by Gasteiger charge is -2.23. The van der Waals surface area contributed by atoms with E-state index in [0.29, 0.717) is 22.6 Å². The molecule has 8 heteroatoms. The molecular formula is C18H21N5O3. The van der Waals surface area contributed by atoms with Crippen molar-refractivity contribution >= 4 is 23.3 Å². The molecule has 0 aliphatic rings. The van der Waals surface area contributed by atoms with Gasteiger partial charge >= 0.3 is 0 Å². The summed E-state index contributed by atoms with van der Waals surface area (Å²) >= 11 is 0. The van der Waals surface area contributed by atoms with E-state index in [-0.39, 0.29) is 24.9 Å². The first kappa shape index (κ1) is 18.9. The van der Waals surface area contributed by atoms with E-state index in [2.05, 4.69) is 4.98 Å². The summed E-state index contributed by atoms with van der Waals surface area (Å²) < 4.78 is 5.45. The van der Waals surface area contributed by atoms with Gasteiger partial charge in [-0.3, -0.25) is 20.0 Å². The fourth-order valence-corrected chi connectivity index (χ4v) is 2.39. The summed E-state index contributed by atoms with van der Waals surface area (Å²) in [7, 11) is 0. The van der Waals surface area contributed by atoms with Gasteiger partial charge in [0.15, 0.2) is 6.61 Å². The second-order valence-electron chi connectivity index (χ2n) is 5.75. The Kier molecular flexibility index (Phi) is 5.90. The molecule has 0 spiro atoms. The minimum Gasteiger partial charge on any atom is -0.483 e. The fraction of sp³-hybridized carbons (Fsp3) is 0.222. The maximum Gasteiger partial charge on any atom is 0.255 e. The van der Waals surface area contributed by atoms with Gasteiger partial charge in [0.25, 0.3) is 5.91 Å². The van der Waals surface area contributed by atoms with Crippen LogP contribution in [0.1, 0.15) is 23.7 Å². The number of aryl methyl sites for hydroxylation is 1. The minimum absolute atomic E-state index is 0.131. The van der Waals surface area contributed by atoms with E-state index < -0.39 is 5.91 Å². The molecule has 1 heterocycles. The molecule has 0 aliphatic heterocycles. The summed E-state index contributed by atoms with van der Waals surface area (Å²) in [4.78, 5) is 28.9. The quantitative estimate of drug-likeness (QED) is 0.504. The Balaban J connectivity index is 2.39. The zero-order valence-electron chi connectivity index (χ0n) is 14.7. The molecule has 2 amide bonds. The first-order chi connectivity index (χ1) is 12.3. The number of amides is 2. The fourth-order valence-electron chi connectivity index (χ4n) is 2.39. The van der Waals surface area contributed by atoms with Gasteiger partial charge in [0, 0.05) is 35.6 Å². The number of carbonyl (C=O) groups excluding carboxylic acids is 2. The van der Waals surface area contributed by atoms with Gasteiger partial charge in [-0.15, -0.1) is 0 Å². The Bertz CT molecular complexity index is 850. The van der Waals surface area contributed by atoms with Gasteiger partial charge < -0.3 is 21.1 Å². The maximum atomic E-state index is 12.1. The van der Waals surface area contributed by atoms with Crippen LogP contribution in [0.5, 0.6) is 5.75 Å². The van der Waals surface area contributed by atoms with E-state index in [4.69, 9.17) is 21.6 Å². The first-order valence-electron chi connectivity index (χ1n) is 7.87. The van der Waals surface area contributed by atoms with Crippen LogP contribution < -0.4 is 21.1 Å². The predicted molar refractivity (Wildman–Crippen MR) is 98.0 cm³/mol. The summed E-state index contributed by atoms with van der Waals surface area (Å²) in [5, 5.41) is 7.55. The van der Waals surface area contributed by atoms with E-state index in [0.717, 1.165) is 5.69 Å². The number of rotatable bonds is 7. The largest absolute Gasteiger partial charge is 0.483 e. The molecule has 1 aromatic heterocycles. The second-order valence-corrected chi connectivity index (χ2v) is 5.75. The molecule has 2 rings (SSSR count). The molecule has 0 saturated carbocycles. The predicted octanol–water partition coefficient (Wildman–Crippen LogP) is 1.09. The number of primary amides is 1. The van der Waals surface area contributed by atoms with Crippen LogP contribution in [-0.2, 0) is 16.1 Å². The summed E-state index contributed by atoms with van der Waals surface area (Å²) in [5.74, 6) is -0.577. The molecule has 0 atom stereocenters. The lowest BCUT2D eigenvalue weighted by Crippen LogP contribution is -2.28. The SMILES string of the molecule is CC(=O)N(Cc1ccc(C(=N)N)cc1OCC(N)=O)c1ccnc(C)c1. The number of amidine groups is 1. The molecule has 2 aromatic rings. The topological polar surface area (TPSA) is 135 Å². The van der Waals surface area contributed by atoms with E-state index >= 15 is 0 Å². The summed E-state index contributed by atoms with van der Waals surface area (Å²) in [6.45, 7) is 3.20. The van der Waals surface area contributed by atoms with Crippen molar-refractivity contribution in [3.63, 3.8) is 0 Å². The van der Waals surface area contributed by atoms with Crippen LogP contribution in [0.15, 0.2) is 36.5 Å². The highest BCUT2D eigenvalue weighted by atomic mass is 16.5. The van der Waals surface area contributed by atoms with E-state index in [1.54, 1.807) is 41.4 Å². The number of nitrogens with zero attached hydrogens (tertiary/aromatic N) is 2. The number of aromatic nitrogens is 1. The van der Waals surface area contributed by atoms with E-state index in [1.807, 2.05) is 6.92 Å². The van der Waals surface area contributed by atoms with E-state index in [9.17, 15) is 9.59 Å². The van der Waals surface area contributed by atoms with Crippen molar-refractivity contribution in [1.29, 1.82) is 5.41 Å². The van der Waals surface area contributed by atoms with Gasteiger partial charge in [-0.05, 0) is 25.1 Å². The van der Waals surface area contributed by atoms with Gasteiger partial charge in [0.05, 0.1) is 6.54 Å². The number of benzene rings is 1. The van der Waals surface area contributed by atoms with Crippen molar-refractivity contribution in [3.8, 4) is 5.75 Å². The van der Waals surface area contributed by atoms with Crippen LogP contribution in [0, 0.1) is 12.3 Å². The van der Waals surface area contributed by atoms with Crippen molar-refractivity contribution in [3.05, 3.63) is 53.3 Å². The Morgan fingerprint density at radius 1 is 1.23 bits per heavy atom. The molecule has 0 fully saturated rings. The molecule has 5 N–H and O–H groups in total. The molecule has 1 aromatic carbocycles. The molecule has 8 nitrogen and oxygen atoms in total. The smallest absolute Gasteiger partial charge is 0.255 e. The van der Waals surface area contributed by atoms with Crippen molar-refractivity contribution in [1.82, 2.24) is 4.98 Å². The van der Waals surface area contributed by atoms with Crippen LogP contribution in [0.4, 0.5) is 5.69 Å². The maximum absolute atomic E-state index is 12.1. The zero-order valence-corrected chi connectivity index (χ0v) is 14.7. The van der Waals surface area contributed by atoms with Gasteiger partial charge in [0.1, 0.15) is 11.6 Å². The normalized spacial score (nSPS) is 10.2. The van der Waals surface area contributed by atoms with Gasteiger partial charge in [0.2, 0.25) is 5.91 Å². The lowest BCUT2D eigenvalue weighted by atomic mass is 10.1. The van der Waals surface area contributed by atoms with Gasteiger partial charge in [-0.25, -0.2) is 0 Å². The summed E-state index contributed by atoms with van der Waals surface area (Å²) in [6.07, 6.45) is 1.63. The number of carbonyl (C=O) groups is 2. The van der Waals surface area contributed by atoms with E-state index in [1.165, 1.54) is 6.92 Å². The molecule has 0 unspecified atom stereocenters. The summed E-state index contributed by atoms with van der Waals surface area (Å²) in [6, 6.07) is 8.45. The number of pyridine rings is 1. The Labute approximate surface area is 151 Å². The monoisotopic (exact) mass is 355 g/mol. The number of nitrogens with two attached hydrogens (primary N) is 2. The third-order valence-corrected chi connectivity index (χ3v) is 3.65. The highest BCUT2D eigenvalue weighted by Gasteiger charge is 2.16. The van der Waals surface area contributed by atoms with Crippen LogP contribution >= 0.6 is 0 Å². The summed E-state index contributed by atoms with van der Waals surface area (Å²) in [5.41, 5.74) is 13.2. The lowest BCUT2D eigenvalue weighted by molar-refractivity contribution is -0.120. The number of nitrogen functional groups attached to an aromatic ring is 1. The average molecular weight is 355 g/mol. The van der Waals surface area contributed by atoms with Crippen LogP contribution in [0.2, 0.25) is 0 Å². The average Bonchev–Trinajstić information content (AvgIpc) is 2.57. The number of hydrogen-bond donors (Lipinski definition) is 3. The van der Waals surface area contributed by atoms with Crippen molar-refractivity contribution < 1.29 is 14.3 Å². The third kappa shape index (κ3) is 4.79. The molecule has 26 heavy (non-hydrogen) atoms. The molecule has 0 saturated heterocycles.